The van der Waals surface area contributed by atoms with Gasteiger partial charge in [0.2, 0.25) is 0 Å². The van der Waals surface area contributed by atoms with Gasteiger partial charge in [0.15, 0.2) is 0 Å². The van der Waals surface area contributed by atoms with Gasteiger partial charge in [0.05, 0.1) is 25.7 Å². The first kappa shape index (κ1) is 10.4. The average molecular weight is 156 g/mol. The number of rotatable bonds is 5. The van der Waals surface area contributed by atoms with Crippen molar-refractivity contribution in [2.75, 3.05) is 13.2 Å². The second-order valence-electron chi connectivity index (χ2n) is 2.89. The Morgan fingerprint density at radius 3 is 2.64 bits per heavy atom. The van der Waals surface area contributed by atoms with Gasteiger partial charge in [-0.15, -0.1) is 0 Å². The summed E-state index contributed by atoms with van der Waals surface area (Å²) < 4.78 is 5.15. The van der Waals surface area contributed by atoms with Crippen molar-refractivity contribution in [2.45, 2.75) is 26.3 Å². The molecule has 0 heterocycles. The second-order valence-corrected chi connectivity index (χ2v) is 2.89. The zero-order valence-corrected chi connectivity index (χ0v) is 7.21. The van der Waals surface area contributed by atoms with Crippen LogP contribution in [0.15, 0.2) is 0 Å². The van der Waals surface area contributed by atoms with Gasteiger partial charge in [0.1, 0.15) is 0 Å². The maximum atomic E-state index is 8.18. The molecule has 1 atom stereocenters. The topological polar surface area (TPSA) is 59.0 Å². The number of ether oxygens (including phenoxy) is 1. The van der Waals surface area contributed by atoms with E-state index < -0.39 is 0 Å². The highest BCUT2D eigenvalue weighted by atomic mass is 16.5. The SMILES string of the molecule is CC(C)[C@H](N)COCCC#N. The normalized spacial score (nSPS) is 13.0. The van der Waals surface area contributed by atoms with Gasteiger partial charge in [-0.3, -0.25) is 0 Å². The molecule has 11 heavy (non-hydrogen) atoms. The lowest BCUT2D eigenvalue weighted by Crippen LogP contribution is -2.31. The largest absolute Gasteiger partial charge is 0.379 e. The molecular formula is C8H16N2O. The van der Waals surface area contributed by atoms with E-state index in [1.165, 1.54) is 0 Å². The van der Waals surface area contributed by atoms with Gasteiger partial charge in [-0.05, 0) is 5.92 Å². The molecule has 2 N–H and O–H groups in total. The predicted molar refractivity (Wildman–Crippen MR) is 43.9 cm³/mol. The molecule has 0 fully saturated rings. The van der Waals surface area contributed by atoms with E-state index in [-0.39, 0.29) is 6.04 Å². The van der Waals surface area contributed by atoms with Crippen LogP contribution >= 0.6 is 0 Å². The quantitative estimate of drug-likeness (QED) is 0.601. The highest BCUT2D eigenvalue weighted by molar-refractivity contribution is 4.68. The zero-order valence-electron chi connectivity index (χ0n) is 7.21. The van der Waals surface area contributed by atoms with Gasteiger partial charge >= 0.3 is 0 Å². The highest BCUT2D eigenvalue weighted by Crippen LogP contribution is 1.98. The van der Waals surface area contributed by atoms with Gasteiger partial charge in [0.25, 0.3) is 0 Å². The molecule has 0 radical (unpaired) electrons. The smallest absolute Gasteiger partial charge is 0.0645 e. The van der Waals surface area contributed by atoms with Crippen LogP contribution in [0.25, 0.3) is 0 Å². The van der Waals surface area contributed by atoms with E-state index in [1.807, 2.05) is 6.07 Å². The molecule has 0 aliphatic carbocycles. The Bertz CT molecular complexity index is 129. The summed E-state index contributed by atoms with van der Waals surface area (Å²) in [6, 6.07) is 2.10. The van der Waals surface area contributed by atoms with Crippen molar-refractivity contribution >= 4 is 0 Å². The van der Waals surface area contributed by atoms with Crippen molar-refractivity contribution in [3.63, 3.8) is 0 Å². The van der Waals surface area contributed by atoms with Crippen molar-refractivity contribution in [2.24, 2.45) is 11.7 Å². The molecule has 0 amide bonds. The van der Waals surface area contributed by atoms with Crippen LogP contribution in [0.4, 0.5) is 0 Å². The van der Waals surface area contributed by atoms with Gasteiger partial charge in [-0.1, -0.05) is 13.8 Å². The van der Waals surface area contributed by atoms with Crippen molar-refractivity contribution in [1.82, 2.24) is 0 Å². The lowest BCUT2D eigenvalue weighted by molar-refractivity contribution is 0.114. The van der Waals surface area contributed by atoms with E-state index in [2.05, 4.69) is 13.8 Å². The van der Waals surface area contributed by atoms with Crippen LogP contribution in [0.3, 0.4) is 0 Å². The van der Waals surface area contributed by atoms with Gasteiger partial charge in [-0.25, -0.2) is 0 Å². The molecule has 0 saturated carbocycles. The Kier molecular flexibility index (Phi) is 5.81. The summed E-state index contributed by atoms with van der Waals surface area (Å²) in [5.41, 5.74) is 5.69. The first-order valence-electron chi connectivity index (χ1n) is 3.88. The fourth-order valence-electron chi connectivity index (χ4n) is 0.530. The Labute approximate surface area is 68.1 Å². The highest BCUT2D eigenvalue weighted by Gasteiger charge is 2.06. The third-order valence-corrected chi connectivity index (χ3v) is 1.52. The van der Waals surface area contributed by atoms with Crippen molar-refractivity contribution in [1.29, 1.82) is 5.26 Å². The molecular weight excluding hydrogens is 140 g/mol. The summed E-state index contributed by atoms with van der Waals surface area (Å²) in [7, 11) is 0. The predicted octanol–water partition coefficient (Wildman–Crippen LogP) is 0.900. The Balaban J connectivity index is 3.19. The molecule has 3 nitrogen and oxygen atoms in total. The molecule has 0 saturated heterocycles. The molecule has 0 rings (SSSR count). The molecule has 0 aromatic rings. The van der Waals surface area contributed by atoms with E-state index in [9.17, 15) is 0 Å². The van der Waals surface area contributed by atoms with Crippen molar-refractivity contribution < 1.29 is 4.74 Å². The van der Waals surface area contributed by atoms with Gasteiger partial charge in [0, 0.05) is 6.04 Å². The number of nitrogens with zero attached hydrogens (tertiary/aromatic N) is 1. The third-order valence-electron chi connectivity index (χ3n) is 1.52. The molecule has 3 heteroatoms. The first-order chi connectivity index (χ1) is 5.18. The monoisotopic (exact) mass is 156 g/mol. The van der Waals surface area contributed by atoms with Crippen LogP contribution in [0.1, 0.15) is 20.3 Å². The van der Waals surface area contributed by atoms with Crippen molar-refractivity contribution in [3.8, 4) is 6.07 Å². The Morgan fingerprint density at radius 2 is 2.18 bits per heavy atom. The number of nitriles is 1. The molecule has 0 bridgehead atoms. The maximum Gasteiger partial charge on any atom is 0.0645 e. The number of hydrogen-bond acceptors (Lipinski definition) is 3. The summed E-state index contributed by atoms with van der Waals surface area (Å²) in [5.74, 6) is 0.442. The molecule has 0 aliphatic heterocycles. The standard InChI is InChI=1S/C8H16N2O/c1-7(2)8(10)6-11-5-3-4-9/h7-8H,3,5-6,10H2,1-2H3/t8-/m1/s1. The second kappa shape index (κ2) is 6.14. The minimum atomic E-state index is 0.0914. The number of hydrogen-bond donors (Lipinski definition) is 1. The van der Waals surface area contributed by atoms with Crippen molar-refractivity contribution in [3.05, 3.63) is 0 Å². The summed E-state index contributed by atoms with van der Waals surface area (Å²) >= 11 is 0. The third kappa shape index (κ3) is 5.84. The Morgan fingerprint density at radius 1 is 1.55 bits per heavy atom. The lowest BCUT2D eigenvalue weighted by Gasteiger charge is -2.14. The molecule has 64 valence electrons. The molecule has 0 spiro atoms. The molecule has 0 aromatic carbocycles. The molecule has 0 aliphatic rings. The van der Waals surface area contributed by atoms with Crippen LogP contribution in [0, 0.1) is 17.2 Å². The summed E-state index contributed by atoms with van der Waals surface area (Å²) in [5, 5.41) is 8.18. The van der Waals surface area contributed by atoms with Crippen LogP contribution in [-0.2, 0) is 4.74 Å². The van der Waals surface area contributed by atoms with Crippen LogP contribution in [-0.4, -0.2) is 19.3 Å². The van der Waals surface area contributed by atoms with E-state index in [1.54, 1.807) is 0 Å². The fraction of sp³-hybridized carbons (Fsp3) is 0.875. The van der Waals surface area contributed by atoms with Crippen LogP contribution in [0.5, 0.6) is 0 Å². The summed E-state index contributed by atoms with van der Waals surface area (Å²) in [4.78, 5) is 0. The van der Waals surface area contributed by atoms with E-state index >= 15 is 0 Å². The van der Waals surface area contributed by atoms with E-state index in [4.69, 9.17) is 15.7 Å². The summed E-state index contributed by atoms with van der Waals surface area (Å²) in [6.07, 6.45) is 0.449. The minimum absolute atomic E-state index is 0.0914. The molecule has 0 unspecified atom stereocenters. The first-order valence-corrected chi connectivity index (χ1v) is 3.88. The molecule has 0 aromatic heterocycles. The van der Waals surface area contributed by atoms with Gasteiger partial charge in [-0.2, -0.15) is 5.26 Å². The van der Waals surface area contributed by atoms with Crippen LogP contribution in [0.2, 0.25) is 0 Å². The fourth-order valence-corrected chi connectivity index (χ4v) is 0.530. The van der Waals surface area contributed by atoms with E-state index in [0.29, 0.717) is 25.6 Å². The number of nitrogens with two attached hydrogens (primary N) is 1. The zero-order chi connectivity index (χ0) is 8.69. The van der Waals surface area contributed by atoms with Gasteiger partial charge < -0.3 is 10.5 Å². The van der Waals surface area contributed by atoms with E-state index in [0.717, 1.165) is 0 Å². The minimum Gasteiger partial charge on any atom is -0.379 e. The summed E-state index contributed by atoms with van der Waals surface area (Å²) in [6.45, 7) is 5.16. The van der Waals surface area contributed by atoms with Crippen LogP contribution < -0.4 is 5.73 Å². The average Bonchev–Trinajstić information content (AvgIpc) is 1.97. The Hall–Kier alpha value is -0.590. The lowest BCUT2D eigenvalue weighted by atomic mass is 10.1. The maximum absolute atomic E-state index is 8.18.